The minimum Gasteiger partial charge on any atom is -0.394 e. The molecule has 184 valence electrons. The lowest BCUT2D eigenvalue weighted by molar-refractivity contribution is -0.316. The predicted octanol–water partition coefficient (Wildman–Crippen LogP) is 1.58. The molecule has 5 aliphatic rings. The van der Waals surface area contributed by atoms with Gasteiger partial charge in [-0.2, -0.15) is 0 Å². The summed E-state index contributed by atoms with van der Waals surface area (Å²) in [6.07, 6.45) is 2.13. The van der Waals surface area contributed by atoms with Gasteiger partial charge in [-0.05, 0) is 66.6 Å². The third kappa shape index (κ3) is 3.43. The van der Waals surface area contributed by atoms with Crippen LogP contribution in [0.15, 0.2) is 35.5 Å². The second kappa shape index (κ2) is 7.72. The summed E-state index contributed by atoms with van der Waals surface area (Å²) >= 11 is 0. The van der Waals surface area contributed by atoms with Gasteiger partial charge in [-0.3, -0.25) is 0 Å². The Kier molecular flexibility index (Phi) is 5.54. The molecular formula is C26H38O7. The summed E-state index contributed by atoms with van der Waals surface area (Å²) < 4.78 is 11.8. The van der Waals surface area contributed by atoms with E-state index in [1.165, 1.54) is 5.57 Å². The fourth-order valence-corrected chi connectivity index (χ4v) is 7.41. The first kappa shape index (κ1) is 23.7. The second-order valence-corrected chi connectivity index (χ2v) is 11.8. The van der Waals surface area contributed by atoms with Gasteiger partial charge in [-0.1, -0.05) is 32.6 Å². The lowest BCUT2D eigenvalue weighted by atomic mass is 9.64. The molecule has 0 amide bonds. The van der Waals surface area contributed by atoms with Crippen molar-refractivity contribution < 1.29 is 35.0 Å². The van der Waals surface area contributed by atoms with E-state index in [9.17, 15) is 25.5 Å². The van der Waals surface area contributed by atoms with Crippen molar-refractivity contribution in [1.29, 1.82) is 0 Å². The van der Waals surface area contributed by atoms with Crippen LogP contribution in [0, 0.1) is 22.7 Å². The van der Waals surface area contributed by atoms with Gasteiger partial charge in [0.15, 0.2) is 6.29 Å². The van der Waals surface area contributed by atoms with Crippen molar-refractivity contribution in [3.8, 4) is 0 Å². The highest BCUT2D eigenvalue weighted by atomic mass is 16.7. The van der Waals surface area contributed by atoms with Crippen molar-refractivity contribution in [3.05, 3.63) is 35.5 Å². The third-order valence-corrected chi connectivity index (χ3v) is 9.44. The molecule has 1 saturated heterocycles. The van der Waals surface area contributed by atoms with Gasteiger partial charge in [0.1, 0.15) is 24.4 Å². The number of aliphatic hydroxyl groups excluding tert-OH is 4. The van der Waals surface area contributed by atoms with E-state index in [-0.39, 0.29) is 17.4 Å². The number of allylic oxidation sites excluding steroid dienone is 3. The number of ether oxygens (including phenoxy) is 2. The zero-order chi connectivity index (χ0) is 23.9. The minimum atomic E-state index is -1.46. The monoisotopic (exact) mass is 462 g/mol. The van der Waals surface area contributed by atoms with Crippen molar-refractivity contribution in [3.63, 3.8) is 0 Å². The Morgan fingerprint density at radius 3 is 2.55 bits per heavy atom. The topological polar surface area (TPSA) is 120 Å². The average Bonchev–Trinajstić information content (AvgIpc) is 3.06. The molecule has 33 heavy (non-hydrogen) atoms. The maximum absolute atomic E-state index is 11.0. The third-order valence-electron chi connectivity index (χ3n) is 9.44. The summed E-state index contributed by atoms with van der Waals surface area (Å²) in [4.78, 5) is 0. The molecule has 0 aromatic heterocycles. The Balaban J connectivity index is 1.41. The first-order valence-corrected chi connectivity index (χ1v) is 12.2. The van der Waals surface area contributed by atoms with E-state index in [0.717, 1.165) is 36.8 Å². The van der Waals surface area contributed by atoms with E-state index < -0.39 is 48.3 Å². The molecule has 1 aliphatic heterocycles. The Labute approximate surface area is 195 Å². The number of rotatable bonds is 3. The average molecular weight is 463 g/mol. The summed E-state index contributed by atoms with van der Waals surface area (Å²) in [5.74, 6) is 0.614. The van der Waals surface area contributed by atoms with Crippen molar-refractivity contribution in [1.82, 2.24) is 0 Å². The molecule has 2 bridgehead atoms. The highest BCUT2D eigenvalue weighted by Crippen LogP contribution is 2.64. The summed E-state index contributed by atoms with van der Waals surface area (Å²) in [6, 6.07) is 0. The molecular weight excluding hydrogens is 424 g/mol. The summed E-state index contributed by atoms with van der Waals surface area (Å²) in [5.41, 5.74) is 2.36. The van der Waals surface area contributed by atoms with E-state index in [0.29, 0.717) is 12.3 Å². The van der Waals surface area contributed by atoms with Crippen molar-refractivity contribution in [2.45, 2.75) is 95.3 Å². The molecule has 1 heterocycles. The molecule has 7 nitrogen and oxygen atoms in total. The maximum atomic E-state index is 11.0. The van der Waals surface area contributed by atoms with Crippen LogP contribution in [0.25, 0.3) is 0 Å². The SMILES string of the molecule is C=C1C2=C(C=C[C@]34C[C@@H](CC[C@@H]13)[C@](C)(O)C4)C(C)(C)[C@@H](O[C@@H]1O[C@H](CO)[C@H](O)[C@H](O)[C@H]1O)C2. The van der Waals surface area contributed by atoms with E-state index in [4.69, 9.17) is 9.47 Å². The molecule has 7 heteroatoms. The van der Waals surface area contributed by atoms with E-state index >= 15 is 0 Å². The molecule has 4 aliphatic carbocycles. The molecule has 5 N–H and O–H groups in total. The first-order chi connectivity index (χ1) is 15.4. The number of fused-ring (bicyclic) bond motifs is 1. The Bertz CT molecular complexity index is 887. The van der Waals surface area contributed by atoms with Crippen LogP contribution in [-0.2, 0) is 9.47 Å². The van der Waals surface area contributed by atoms with E-state index in [1.807, 2.05) is 6.92 Å². The summed E-state index contributed by atoms with van der Waals surface area (Å²) in [7, 11) is 0. The fourth-order valence-electron chi connectivity index (χ4n) is 7.41. The van der Waals surface area contributed by atoms with Gasteiger partial charge in [0.25, 0.3) is 0 Å². The second-order valence-electron chi connectivity index (χ2n) is 11.8. The Morgan fingerprint density at radius 1 is 1.12 bits per heavy atom. The molecule has 1 spiro atoms. The molecule has 2 saturated carbocycles. The van der Waals surface area contributed by atoms with Crippen LogP contribution >= 0.6 is 0 Å². The van der Waals surface area contributed by atoms with Gasteiger partial charge < -0.3 is 35.0 Å². The zero-order valence-corrected chi connectivity index (χ0v) is 19.8. The minimum absolute atomic E-state index is 0.0580. The van der Waals surface area contributed by atoms with Crippen LogP contribution < -0.4 is 0 Å². The lowest BCUT2D eigenvalue weighted by Gasteiger charge is -2.42. The highest BCUT2D eigenvalue weighted by Gasteiger charge is 2.59. The highest BCUT2D eigenvalue weighted by molar-refractivity contribution is 5.52. The molecule has 0 aromatic rings. The Morgan fingerprint density at radius 2 is 1.85 bits per heavy atom. The van der Waals surface area contributed by atoms with Gasteiger partial charge in [-0.25, -0.2) is 0 Å². The fraction of sp³-hybridized carbons (Fsp3) is 0.769. The molecule has 10 atom stereocenters. The molecule has 5 rings (SSSR count). The van der Waals surface area contributed by atoms with Crippen molar-refractivity contribution in [2.24, 2.45) is 22.7 Å². The van der Waals surface area contributed by atoms with Crippen molar-refractivity contribution >= 4 is 0 Å². The van der Waals surface area contributed by atoms with Crippen LogP contribution in [0.5, 0.6) is 0 Å². The Hall–Kier alpha value is -1.06. The quantitative estimate of drug-likeness (QED) is 0.432. The molecule has 3 fully saturated rings. The standard InChI is InChI=1S/C26H38O7/c1-13-15-9-19(33-23-22(30)21(29)20(28)18(11-27)32-23)24(2,3)17(15)7-8-26-10-14(5-6-16(13)26)25(4,31)12-26/h7-8,14,16,18-23,27-31H,1,5-6,9-12H2,2-4H3/t14-,16+,18-,19+,20+,21+,22-,23+,25-,26-/m1/s1. The maximum Gasteiger partial charge on any atom is 0.187 e. The van der Waals surface area contributed by atoms with Crippen molar-refractivity contribution in [2.75, 3.05) is 6.61 Å². The molecule has 0 aromatic carbocycles. The molecule has 0 unspecified atom stereocenters. The van der Waals surface area contributed by atoms with Crippen LogP contribution in [-0.4, -0.2) is 74.6 Å². The van der Waals surface area contributed by atoms with E-state index in [2.05, 4.69) is 32.6 Å². The van der Waals surface area contributed by atoms with Gasteiger partial charge >= 0.3 is 0 Å². The van der Waals surface area contributed by atoms with Gasteiger partial charge in [0.2, 0.25) is 0 Å². The molecule has 0 radical (unpaired) electrons. The lowest BCUT2D eigenvalue weighted by Crippen LogP contribution is -2.60. The van der Waals surface area contributed by atoms with Gasteiger partial charge in [0.05, 0.1) is 18.3 Å². The first-order valence-electron chi connectivity index (χ1n) is 12.2. The number of hydrogen-bond donors (Lipinski definition) is 5. The normalized spacial score (nSPS) is 50.8. The van der Waals surface area contributed by atoms with Crippen LogP contribution in [0.3, 0.4) is 0 Å². The predicted molar refractivity (Wildman–Crippen MR) is 121 cm³/mol. The van der Waals surface area contributed by atoms with Crippen LogP contribution in [0.4, 0.5) is 0 Å². The van der Waals surface area contributed by atoms with Gasteiger partial charge in [-0.15, -0.1) is 0 Å². The van der Waals surface area contributed by atoms with Crippen LogP contribution in [0.1, 0.15) is 52.9 Å². The zero-order valence-electron chi connectivity index (χ0n) is 19.8. The number of aliphatic hydroxyl groups is 5. The summed E-state index contributed by atoms with van der Waals surface area (Å²) in [5, 5.41) is 51.2. The largest absolute Gasteiger partial charge is 0.394 e. The smallest absolute Gasteiger partial charge is 0.187 e. The van der Waals surface area contributed by atoms with Crippen LogP contribution in [0.2, 0.25) is 0 Å². The number of hydrogen-bond acceptors (Lipinski definition) is 7. The van der Waals surface area contributed by atoms with Gasteiger partial charge in [0, 0.05) is 11.8 Å². The summed E-state index contributed by atoms with van der Waals surface area (Å²) in [6.45, 7) is 10.2. The van der Waals surface area contributed by atoms with E-state index in [1.54, 1.807) is 0 Å².